The molecule has 4 rings (SSSR count). The van der Waals surface area contributed by atoms with Crippen LogP contribution in [0.1, 0.15) is 25.7 Å². The first-order valence-corrected chi connectivity index (χ1v) is 13.1. The van der Waals surface area contributed by atoms with Crippen molar-refractivity contribution in [3.05, 3.63) is 46.6 Å². The number of hydrogen-bond donors (Lipinski definition) is 3. The number of fused-ring (bicyclic) bond motifs is 1. The first-order valence-electron chi connectivity index (χ1n) is 10.4. The number of sulfone groups is 1. The minimum absolute atomic E-state index is 0.144. The van der Waals surface area contributed by atoms with E-state index in [1.165, 1.54) is 12.5 Å². The maximum absolute atomic E-state index is 12.6. The van der Waals surface area contributed by atoms with Crippen molar-refractivity contribution in [2.45, 2.75) is 36.6 Å². The number of nitrogens with zero attached hydrogens (tertiary/aromatic N) is 1. The van der Waals surface area contributed by atoms with Crippen LogP contribution < -0.4 is 11.1 Å². The Morgan fingerprint density at radius 3 is 2.34 bits per heavy atom. The zero-order chi connectivity index (χ0) is 23.0. The summed E-state index contributed by atoms with van der Waals surface area (Å²) in [5.74, 6) is 0.349. The molecule has 0 atom stereocenters. The van der Waals surface area contributed by atoms with Gasteiger partial charge in [0.1, 0.15) is 4.90 Å². The predicted octanol–water partition coefficient (Wildman–Crippen LogP) is 5.25. The Morgan fingerprint density at radius 1 is 1.09 bits per heavy atom. The number of halogens is 2. The molecule has 1 fully saturated rings. The van der Waals surface area contributed by atoms with Gasteiger partial charge < -0.3 is 16.2 Å². The second-order valence-corrected chi connectivity index (χ2v) is 11.2. The summed E-state index contributed by atoms with van der Waals surface area (Å²) in [7, 11) is -3.51. The van der Waals surface area contributed by atoms with Gasteiger partial charge >= 0.3 is 0 Å². The van der Waals surface area contributed by atoms with Gasteiger partial charge in [-0.2, -0.15) is 0 Å². The van der Waals surface area contributed by atoms with Crippen LogP contribution in [0.15, 0.2) is 41.4 Å². The first-order chi connectivity index (χ1) is 15.2. The maximum atomic E-state index is 12.6. The minimum atomic E-state index is -3.51. The van der Waals surface area contributed by atoms with Crippen molar-refractivity contribution in [3.63, 3.8) is 0 Å². The highest BCUT2D eigenvalue weighted by atomic mass is 35.5. The largest absolute Gasteiger partial charge is 0.505 e. The molecule has 0 radical (unpaired) electrons. The molecular weight excluding hydrogens is 469 g/mol. The molecule has 4 N–H and O–H groups in total. The normalized spacial score (nSPS) is 19.2. The van der Waals surface area contributed by atoms with Gasteiger partial charge in [-0.15, -0.1) is 0 Å². The summed E-state index contributed by atoms with van der Waals surface area (Å²) in [5.41, 5.74) is 8.54. The number of pyridine rings is 1. The predicted molar refractivity (Wildman–Crippen MR) is 130 cm³/mol. The van der Waals surface area contributed by atoms with Crippen molar-refractivity contribution in [2.75, 3.05) is 18.1 Å². The van der Waals surface area contributed by atoms with Gasteiger partial charge in [0.2, 0.25) is 0 Å². The zero-order valence-corrected chi connectivity index (χ0v) is 19.9. The smallest absolute Gasteiger partial charge is 0.179 e. The van der Waals surface area contributed by atoms with Crippen molar-refractivity contribution in [1.29, 1.82) is 0 Å². The van der Waals surface area contributed by atoms with E-state index < -0.39 is 9.84 Å². The second-order valence-electron chi connectivity index (χ2n) is 8.39. The Bertz CT molecular complexity index is 1250. The van der Waals surface area contributed by atoms with Crippen LogP contribution in [-0.2, 0) is 9.84 Å². The van der Waals surface area contributed by atoms with Crippen molar-refractivity contribution < 1.29 is 13.5 Å². The fourth-order valence-corrected chi connectivity index (χ4v) is 5.53. The van der Waals surface area contributed by atoms with Gasteiger partial charge in [-0.05, 0) is 73.5 Å². The molecule has 0 amide bonds. The lowest BCUT2D eigenvalue weighted by atomic mass is 9.86. The minimum Gasteiger partial charge on any atom is -0.505 e. The maximum Gasteiger partial charge on any atom is 0.179 e. The van der Waals surface area contributed by atoms with Gasteiger partial charge in [0.25, 0.3) is 0 Å². The summed E-state index contributed by atoms with van der Waals surface area (Å²) in [6.07, 6.45) is 6.49. The molecular formula is C23H25Cl2N3O3S. The van der Waals surface area contributed by atoms with Crippen LogP contribution in [0.4, 0.5) is 5.69 Å². The third-order valence-corrected chi connectivity index (χ3v) is 7.80. The number of aromatic hydroxyl groups is 1. The number of benzene rings is 2. The molecule has 3 aromatic rings. The Morgan fingerprint density at radius 2 is 1.75 bits per heavy atom. The van der Waals surface area contributed by atoms with E-state index in [0.717, 1.165) is 31.2 Å². The second kappa shape index (κ2) is 9.06. The van der Waals surface area contributed by atoms with Crippen LogP contribution in [0, 0.1) is 5.92 Å². The Labute approximate surface area is 197 Å². The molecule has 0 aliphatic heterocycles. The lowest BCUT2D eigenvalue weighted by molar-refractivity contribution is 0.345. The Hall–Kier alpha value is -2.06. The van der Waals surface area contributed by atoms with Crippen LogP contribution >= 0.6 is 23.2 Å². The van der Waals surface area contributed by atoms with Gasteiger partial charge in [-0.1, -0.05) is 29.3 Å². The third kappa shape index (κ3) is 4.66. The summed E-state index contributed by atoms with van der Waals surface area (Å²) < 4.78 is 25.1. The number of anilines is 1. The highest BCUT2D eigenvalue weighted by Gasteiger charge is 2.24. The van der Waals surface area contributed by atoms with E-state index in [1.807, 2.05) is 18.2 Å². The van der Waals surface area contributed by atoms with E-state index in [0.29, 0.717) is 34.6 Å². The van der Waals surface area contributed by atoms with Crippen LogP contribution in [-0.4, -0.2) is 37.4 Å². The van der Waals surface area contributed by atoms with E-state index in [4.69, 9.17) is 28.9 Å². The number of nitrogens with two attached hydrogens (primary N) is 1. The molecule has 1 aliphatic rings. The molecule has 170 valence electrons. The standard InChI is InChI=1S/C23H25Cl2N3O3S/c1-32(30,31)21-12-27-20-7-4-14(15-9-18(24)23(29)19(25)10-15)8-17(20)22(21)28-16-5-2-13(11-26)3-6-16/h4,7-10,12-13,16,29H,2-3,5-6,11,26H2,1H3,(H,27,28). The molecule has 0 bridgehead atoms. The third-order valence-electron chi connectivity index (χ3n) is 6.11. The van der Waals surface area contributed by atoms with Crippen molar-refractivity contribution >= 4 is 49.6 Å². The van der Waals surface area contributed by atoms with Gasteiger partial charge in [0.15, 0.2) is 15.6 Å². The summed E-state index contributed by atoms with van der Waals surface area (Å²) in [5, 5.41) is 14.4. The number of phenols is 1. The highest BCUT2D eigenvalue weighted by molar-refractivity contribution is 7.90. The van der Waals surface area contributed by atoms with Crippen LogP contribution in [0.3, 0.4) is 0 Å². The van der Waals surface area contributed by atoms with Gasteiger partial charge in [0.05, 0.1) is 21.2 Å². The number of nitrogens with one attached hydrogen (secondary N) is 1. The average Bonchev–Trinajstić information content (AvgIpc) is 2.76. The summed E-state index contributed by atoms with van der Waals surface area (Å²) in [6.45, 7) is 0.681. The average molecular weight is 494 g/mol. The van der Waals surface area contributed by atoms with Gasteiger partial charge in [0, 0.05) is 23.9 Å². The van der Waals surface area contributed by atoms with Gasteiger partial charge in [-0.3, -0.25) is 4.98 Å². The molecule has 9 heteroatoms. The molecule has 32 heavy (non-hydrogen) atoms. The van der Waals surface area contributed by atoms with E-state index in [1.54, 1.807) is 12.1 Å². The zero-order valence-electron chi connectivity index (χ0n) is 17.6. The number of hydrogen-bond acceptors (Lipinski definition) is 6. The Kier molecular flexibility index (Phi) is 6.54. The van der Waals surface area contributed by atoms with E-state index in [2.05, 4.69) is 10.3 Å². The first kappa shape index (κ1) is 23.1. The fourth-order valence-electron chi connectivity index (χ4n) is 4.26. The molecule has 0 spiro atoms. The topological polar surface area (TPSA) is 105 Å². The summed E-state index contributed by atoms with van der Waals surface area (Å²) in [4.78, 5) is 4.55. The number of phenolic OH excluding ortho intramolecular Hbond substituents is 1. The van der Waals surface area contributed by atoms with E-state index in [-0.39, 0.29) is 26.7 Å². The van der Waals surface area contributed by atoms with Crippen molar-refractivity contribution in [1.82, 2.24) is 4.98 Å². The number of aromatic nitrogens is 1. The van der Waals surface area contributed by atoms with Crippen molar-refractivity contribution in [3.8, 4) is 16.9 Å². The SMILES string of the molecule is CS(=O)(=O)c1cnc2ccc(-c3cc(Cl)c(O)c(Cl)c3)cc2c1NC1CCC(CN)CC1. The Balaban J connectivity index is 1.83. The quantitative estimate of drug-likeness (QED) is 0.448. The van der Waals surface area contributed by atoms with Crippen molar-refractivity contribution in [2.24, 2.45) is 11.7 Å². The van der Waals surface area contributed by atoms with Gasteiger partial charge in [-0.25, -0.2) is 8.42 Å². The molecule has 1 heterocycles. The molecule has 6 nitrogen and oxygen atoms in total. The highest BCUT2D eigenvalue weighted by Crippen LogP contribution is 2.39. The lowest BCUT2D eigenvalue weighted by Crippen LogP contribution is -2.29. The number of rotatable bonds is 5. The molecule has 1 saturated carbocycles. The summed E-state index contributed by atoms with van der Waals surface area (Å²) >= 11 is 12.2. The molecule has 2 aromatic carbocycles. The molecule has 0 saturated heterocycles. The van der Waals surface area contributed by atoms with Crippen LogP contribution in [0.2, 0.25) is 10.0 Å². The molecule has 0 unspecified atom stereocenters. The lowest BCUT2D eigenvalue weighted by Gasteiger charge is -2.30. The molecule has 1 aromatic heterocycles. The van der Waals surface area contributed by atoms with E-state index >= 15 is 0 Å². The summed E-state index contributed by atoms with van der Waals surface area (Å²) in [6, 6.07) is 8.99. The molecule has 1 aliphatic carbocycles. The monoisotopic (exact) mass is 493 g/mol. The van der Waals surface area contributed by atoms with E-state index in [9.17, 15) is 13.5 Å². The van der Waals surface area contributed by atoms with Crippen LogP contribution in [0.25, 0.3) is 22.0 Å². The fraction of sp³-hybridized carbons (Fsp3) is 0.348. The van der Waals surface area contributed by atoms with Crippen LogP contribution in [0.5, 0.6) is 5.75 Å².